The molecule has 1 saturated heterocycles. The third kappa shape index (κ3) is 7.67. The molecule has 1 fully saturated rings. The Morgan fingerprint density at radius 2 is 1.94 bits per heavy atom. The quantitative estimate of drug-likeness (QED) is 0.156. The second kappa shape index (κ2) is 15.2. The number of amides is 2. The topological polar surface area (TPSA) is 106 Å². The average Bonchev–Trinajstić information content (AvgIpc) is 3.77. The van der Waals surface area contributed by atoms with Gasteiger partial charge in [-0.05, 0) is 80.2 Å². The number of likely N-dealkylation sites (tertiary alicyclic amines) is 1. The summed E-state index contributed by atoms with van der Waals surface area (Å²) in [4.78, 5) is 27.7. The number of nitrogens with zero attached hydrogens (tertiary/aromatic N) is 4. The molecule has 1 aliphatic carbocycles. The van der Waals surface area contributed by atoms with Crippen LogP contribution < -0.4 is 10.1 Å². The number of hydrogen-bond acceptors (Lipinski definition) is 9. The standard InChI is InChI=1S/C36H40FN5O5S/c1-4-32(43)42-14-11-28(22-42)47-36(44)38-13-15-45-16-17-46-31-21-26(37)8-10-29(31)34-35-30(12-18-48-35)33(39-40-34)25-6-5-24-20-27(41(2)3)9-7-23(24)19-25/h4-6,8,10,12,18-19,21,27-28H,1,7,9,11,13-17,20,22H2,2-3H3,(H,38,44)/t27?,28-/m0/s1. The molecule has 2 aromatic heterocycles. The van der Waals surface area contributed by atoms with Gasteiger partial charge in [-0.25, -0.2) is 9.18 Å². The van der Waals surface area contributed by atoms with Crippen molar-refractivity contribution in [1.82, 2.24) is 25.3 Å². The third-order valence-corrected chi connectivity index (χ3v) is 9.82. The maximum absolute atomic E-state index is 14.4. The summed E-state index contributed by atoms with van der Waals surface area (Å²) in [6, 6.07) is 13.6. The zero-order chi connectivity index (χ0) is 33.6. The number of fused-ring (bicyclic) bond motifs is 2. The number of benzene rings is 2. The first-order valence-corrected chi connectivity index (χ1v) is 17.1. The molecular formula is C36H40FN5O5S. The predicted octanol–water partition coefficient (Wildman–Crippen LogP) is 5.49. The van der Waals surface area contributed by atoms with Crippen LogP contribution in [0.5, 0.6) is 5.75 Å². The van der Waals surface area contributed by atoms with Crippen molar-refractivity contribution in [3.05, 3.63) is 77.4 Å². The van der Waals surface area contributed by atoms with E-state index in [2.05, 4.69) is 65.4 Å². The number of aromatic nitrogens is 2. The summed E-state index contributed by atoms with van der Waals surface area (Å²) in [6.07, 6.45) is 4.15. The van der Waals surface area contributed by atoms with Crippen LogP contribution in [-0.4, -0.2) is 97.7 Å². The zero-order valence-corrected chi connectivity index (χ0v) is 28.1. The van der Waals surface area contributed by atoms with Gasteiger partial charge in [0.2, 0.25) is 5.91 Å². The second-order valence-electron chi connectivity index (χ2n) is 12.2. The minimum absolute atomic E-state index is 0.166. The SMILES string of the molecule is C=CC(=O)N1CC[C@H](OC(=O)NCCOCCOc2cc(F)ccc2-c2nnc(-c3ccc4c(c3)CCC(N(C)C)C4)c3ccsc23)C1. The van der Waals surface area contributed by atoms with Crippen LogP contribution in [0.3, 0.4) is 0 Å². The fourth-order valence-corrected chi connectivity index (χ4v) is 7.18. The zero-order valence-electron chi connectivity index (χ0n) is 27.2. The van der Waals surface area contributed by atoms with E-state index in [1.54, 1.807) is 22.3 Å². The van der Waals surface area contributed by atoms with E-state index in [0.717, 1.165) is 40.6 Å². The summed E-state index contributed by atoms with van der Waals surface area (Å²) >= 11 is 1.57. The highest BCUT2D eigenvalue weighted by atomic mass is 32.1. The lowest BCUT2D eigenvalue weighted by Gasteiger charge is -2.30. The molecule has 252 valence electrons. The van der Waals surface area contributed by atoms with Crippen molar-refractivity contribution in [2.45, 2.75) is 37.8 Å². The number of hydrogen-bond donors (Lipinski definition) is 1. The van der Waals surface area contributed by atoms with E-state index < -0.39 is 11.9 Å². The van der Waals surface area contributed by atoms with E-state index in [9.17, 15) is 14.0 Å². The number of likely N-dealkylation sites (N-methyl/N-ethyl adjacent to an activating group) is 1. The van der Waals surface area contributed by atoms with Crippen LogP contribution in [-0.2, 0) is 27.1 Å². The van der Waals surface area contributed by atoms with Crippen LogP contribution in [0.2, 0.25) is 0 Å². The van der Waals surface area contributed by atoms with E-state index >= 15 is 0 Å². The van der Waals surface area contributed by atoms with E-state index in [1.165, 1.54) is 29.3 Å². The summed E-state index contributed by atoms with van der Waals surface area (Å²) in [5, 5.41) is 15.0. The van der Waals surface area contributed by atoms with Crippen molar-refractivity contribution in [3.8, 4) is 28.3 Å². The number of halogens is 1. The van der Waals surface area contributed by atoms with Crippen molar-refractivity contribution >= 4 is 33.4 Å². The Bertz CT molecular complexity index is 1800. The van der Waals surface area contributed by atoms with E-state index in [4.69, 9.17) is 14.2 Å². The van der Waals surface area contributed by atoms with Crippen LogP contribution in [0.25, 0.3) is 32.6 Å². The molecule has 2 atom stereocenters. The molecule has 1 unspecified atom stereocenters. The number of nitrogens with one attached hydrogen (secondary N) is 1. The number of aryl methyl sites for hydroxylation is 1. The van der Waals surface area contributed by atoms with Crippen LogP contribution in [0.15, 0.2) is 60.5 Å². The Morgan fingerprint density at radius 1 is 1.08 bits per heavy atom. The van der Waals surface area contributed by atoms with Crippen LogP contribution in [0.1, 0.15) is 24.0 Å². The number of ether oxygens (including phenoxy) is 3. The molecule has 0 spiro atoms. The van der Waals surface area contributed by atoms with Crippen LogP contribution in [0, 0.1) is 5.82 Å². The van der Waals surface area contributed by atoms with Crippen molar-refractivity contribution in [1.29, 1.82) is 0 Å². The molecule has 12 heteroatoms. The summed E-state index contributed by atoms with van der Waals surface area (Å²) < 4.78 is 32.3. The van der Waals surface area contributed by atoms with E-state index in [1.807, 2.05) is 5.38 Å². The van der Waals surface area contributed by atoms with E-state index in [0.29, 0.717) is 42.6 Å². The van der Waals surface area contributed by atoms with Crippen molar-refractivity contribution in [2.75, 3.05) is 53.6 Å². The maximum Gasteiger partial charge on any atom is 0.407 e. The van der Waals surface area contributed by atoms with Crippen LogP contribution in [0.4, 0.5) is 9.18 Å². The van der Waals surface area contributed by atoms with Gasteiger partial charge in [0.05, 0.1) is 24.5 Å². The Hall–Kier alpha value is -4.39. The molecule has 0 saturated carbocycles. The molecule has 2 aromatic carbocycles. The summed E-state index contributed by atoms with van der Waals surface area (Å²) in [5.74, 6) is -0.247. The van der Waals surface area contributed by atoms with Crippen molar-refractivity contribution < 1.29 is 28.2 Å². The average molecular weight is 674 g/mol. The smallest absolute Gasteiger partial charge is 0.407 e. The molecule has 10 nitrogen and oxygen atoms in total. The van der Waals surface area contributed by atoms with Gasteiger partial charge < -0.3 is 29.3 Å². The van der Waals surface area contributed by atoms with Gasteiger partial charge in [0.1, 0.15) is 35.7 Å². The molecule has 6 rings (SSSR count). The molecule has 0 radical (unpaired) electrons. The van der Waals surface area contributed by atoms with Gasteiger partial charge >= 0.3 is 6.09 Å². The van der Waals surface area contributed by atoms with Gasteiger partial charge in [0.15, 0.2) is 0 Å². The summed E-state index contributed by atoms with van der Waals surface area (Å²) in [7, 11) is 4.29. The number of carbonyl (C=O) groups excluding carboxylic acids is 2. The van der Waals surface area contributed by atoms with Crippen molar-refractivity contribution in [2.24, 2.45) is 0 Å². The highest BCUT2D eigenvalue weighted by molar-refractivity contribution is 7.17. The lowest BCUT2D eigenvalue weighted by Crippen LogP contribution is -2.34. The fraction of sp³-hybridized carbons (Fsp3) is 0.389. The normalized spacial score (nSPS) is 17.4. The Morgan fingerprint density at radius 3 is 2.77 bits per heavy atom. The Kier molecular flexibility index (Phi) is 10.6. The largest absolute Gasteiger partial charge is 0.490 e. The Labute approximate surface area is 283 Å². The summed E-state index contributed by atoms with van der Waals surface area (Å²) in [5.41, 5.74) is 5.91. The molecule has 48 heavy (non-hydrogen) atoms. The van der Waals surface area contributed by atoms with E-state index in [-0.39, 0.29) is 38.4 Å². The van der Waals surface area contributed by atoms with Crippen molar-refractivity contribution in [3.63, 3.8) is 0 Å². The number of rotatable bonds is 12. The summed E-state index contributed by atoms with van der Waals surface area (Å²) in [6.45, 7) is 5.23. The van der Waals surface area contributed by atoms with Gasteiger partial charge in [-0.15, -0.1) is 21.5 Å². The maximum atomic E-state index is 14.4. The minimum Gasteiger partial charge on any atom is -0.490 e. The van der Waals surface area contributed by atoms with Gasteiger partial charge in [-0.1, -0.05) is 18.7 Å². The minimum atomic E-state index is -0.561. The Balaban J connectivity index is 1.04. The second-order valence-corrected chi connectivity index (χ2v) is 13.2. The molecular weight excluding hydrogens is 633 g/mol. The first-order valence-electron chi connectivity index (χ1n) is 16.2. The van der Waals surface area contributed by atoms with Gasteiger partial charge in [-0.2, -0.15) is 0 Å². The molecule has 3 heterocycles. The highest BCUT2D eigenvalue weighted by Crippen LogP contribution is 2.40. The number of alkyl carbamates (subject to hydrolysis) is 1. The first-order chi connectivity index (χ1) is 23.3. The van der Waals surface area contributed by atoms with Crippen LogP contribution >= 0.6 is 11.3 Å². The molecule has 1 N–H and O–H groups in total. The number of thiophene rings is 1. The molecule has 0 bridgehead atoms. The third-order valence-electron chi connectivity index (χ3n) is 8.90. The fourth-order valence-electron chi connectivity index (χ4n) is 6.29. The van der Waals surface area contributed by atoms with Gasteiger partial charge in [-0.3, -0.25) is 4.79 Å². The monoisotopic (exact) mass is 673 g/mol. The number of carbonyl (C=O) groups is 2. The lowest BCUT2D eigenvalue weighted by molar-refractivity contribution is -0.125. The van der Waals surface area contributed by atoms with Gasteiger partial charge in [0.25, 0.3) is 0 Å². The molecule has 2 aliphatic rings. The molecule has 4 aromatic rings. The first kappa shape index (κ1) is 33.5. The molecule has 1 aliphatic heterocycles. The molecule has 2 amide bonds. The predicted molar refractivity (Wildman–Crippen MR) is 184 cm³/mol. The van der Waals surface area contributed by atoms with Gasteiger partial charge in [0, 0.05) is 48.1 Å². The lowest BCUT2D eigenvalue weighted by atomic mass is 9.86. The highest BCUT2D eigenvalue weighted by Gasteiger charge is 2.28.